The SMILES string of the molecule is CCC(CC)(NC(=O)c1cc(Cl)nnc1Cl)C(=O)O. The first-order chi connectivity index (χ1) is 8.86. The topological polar surface area (TPSA) is 92.2 Å². The number of aromatic nitrogens is 2. The van der Waals surface area contributed by atoms with E-state index in [0.29, 0.717) is 0 Å². The van der Waals surface area contributed by atoms with Crippen molar-refractivity contribution >= 4 is 35.1 Å². The van der Waals surface area contributed by atoms with E-state index >= 15 is 0 Å². The highest BCUT2D eigenvalue weighted by Crippen LogP contribution is 2.20. The molecule has 1 rings (SSSR count). The minimum atomic E-state index is -1.34. The molecule has 19 heavy (non-hydrogen) atoms. The molecule has 2 N–H and O–H groups in total. The van der Waals surface area contributed by atoms with E-state index in [9.17, 15) is 14.7 Å². The van der Waals surface area contributed by atoms with E-state index in [1.165, 1.54) is 6.07 Å². The number of rotatable bonds is 5. The molecule has 0 fully saturated rings. The lowest BCUT2D eigenvalue weighted by atomic mass is 9.92. The van der Waals surface area contributed by atoms with E-state index in [0.717, 1.165) is 0 Å². The van der Waals surface area contributed by atoms with Crippen LogP contribution in [-0.4, -0.2) is 32.7 Å². The molecule has 1 aromatic heterocycles. The third kappa shape index (κ3) is 3.33. The number of nitrogens with one attached hydrogen (secondary N) is 1. The second-order valence-electron chi connectivity index (χ2n) is 3.92. The van der Waals surface area contributed by atoms with Crippen LogP contribution in [0.5, 0.6) is 0 Å². The maximum atomic E-state index is 12.1. The Labute approximate surface area is 120 Å². The van der Waals surface area contributed by atoms with Crippen molar-refractivity contribution in [2.75, 3.05) is 0 Å². The van der Waals surface area contributed by atoms with Crippen LogP contribution in [0.1, 0.15) is 37.0 Å². The minimum absolute atomic E-state index is 0.00321. The molecule has 0 unspecified atom stereocenters. The number of amides is 1. The summed E-state index contributed by atoms with van der Waals surface area (Å²) in [5.74, 6) is -1.75. The Kier molecular flexibility index (Phi) is 5.08. The molecule has 8 heteroatoms. The fraction of sp³-hybridized carbons (Fsp3) is 0.455. The number of carbonyl (C=O) groups is 2. The fourth-order valence-electron chi connectivity index (χ4n) is 1.58. The molecule has 0 radical (unpaired) electrons. The molecule has 1 aromatic rings. The normalized spacial score (nSPS) is 11.2. The van der Waals surface area contributed by atoms with Gasteiger partial charge in [0.25, 0.3) is 5.91 Å². The number of hydrogen-bond donors (Lipinski definition) is 2. The summed E-state index contributed by atoms with van der Waals surface area (Å²) in [7, 11) is 0. The van der Waals surface area contributed by atoms with Gasteiger partial charge in [-0.1, -0.05) is 37.0 Å². The van der Waals surface area contributed by atoms with Gasteiger partial charge in [-0.25, -0.2) is 4.79 Å². The monoisotopic (exact) mass is 305 g/mol. The highest BCUT2D eigenvalue weighted by molar-refractivity contribution is 6.34. The molecule has 0 bridgehead atoms. The lowest BCUT2D eigenvalue weighted by Gasteiger charge is -2.28. The third-order valence-corrected chi connectivity index (χ3v) is 3.40. The first-order valence-electron chi connectivity index (χ1n) is 5.61. The van der Waals surface area contributed by atoms with Crippen LogP contribution in [0.2, 0.25) is 10.3 Å². The fourth-order valence-corrected chi connectivity index (χ4v) is 1.90. The molecule has 0 aliphatic carbocycles. The zero-order valence-electron chi connectivity index (χ0n) is 10.4. The third-order valence-electron chi connectivity index (χ3n) is 2.93. The van der Waals surface area contributed by atoms with Gasteiger partial charge >= 0.3 is 5.97 Å². The van der Waals surface area contributed by atoms with Gasteiger partial charge in [0, 0.05) is 0 Å². The summed E-state index contributed by atoms with van der Waals surface area (Å²) < 4.78 is 0. The summed E-state index contributed by atoms with van der Waals surface area (Å²) in [6.07, 6.45) is 0.489. The molecule has 104 valence electrons. The quantitative estimate of drug-likeness (QED) is 0.869. The maximum absolute atomic E-state index is 12.1. The van der Waals surface area contributed by atoms with Crippen molar-refractivity contribution in [1.82, 2.24) is 15.5 Å². The van der Waals surface area contributed by atoms with Crippen molar-refractivity contribution in [3.8, 4) is 0 Å². The van der Waals surface area contributed by atoms with Gasteiger partial charge in [0.05, 0.1) is 5.56 Å². The molecular formula is C11H13Cl2N3O3. The van der Waals surface area contributed by atoms with Gasteiger partial charge in [-0.15, -0.1) is 10.2 Å². The lowest BCUT2D eigenvalue weighted by molar-refractivity contribution is -0.144. The van der Waals surface area contributed by atoms with E-state index in [1.54, 1.807) is 13.8 Å². The van der Waals surface area contributed by atoms with Crippen LogP contribution in [0.3, 0.4) is 0 Å². The van der Waals surface area contributed by atoms with Gasteiger partial charge in [-0.05, 0) is 18.9 Å². The molecule has 0 spiro atoms. The molecule has 0 saturated heterocycles. The average molecular weight is 306 g/mol. The van der Waals surface area contributed by atoms with Gasteiger partial charge < -0.3 is 10.4 Å². The van der Waals surface area contributed by atoms with Crippen LogP contribution >= 0.6 is 23.2 Å². The minimum Gasteiger partial charge on any atom is -0.480 e. The first kappa shape index (κ1) is 15.7. The summed E-state index contributed by atoms with van der Waals surface area (Å²) in [6, 6.07) is 1.24. The van der Waals surface area contributed by atoms with Crippen molar-refractivity contribution in [2.24, 2.45) is 0 Å². The van der Waals surface area contributed by atoms with Crippen molar-refractivity contribution in [3.05, 3.63) is 21.9 Å². The van der Waals surface area contributed by atoms with Crippen LogP contribution < -0.4 is 5.32 Å². The Bertz CT molecular complexity index is 504. The van der Waals surface area contributed by atoms with Crippen molar-refractivity contribution in [3.63, 3.8) is 0 Å². The molecular weight excluding hydrogens is 293 g/mol. The second-order valence-corrected chi connectivity index (χ2v) is 4.67. The standard InChI is InChI=1S/C11H13Cl2N3O3/c1-3-11(4-2,10(18)19)14-9(17)6-5-7(12)15-16-8(6)13/h5H,3-4H2,1-2H3,(H,14,17)(H,18,19). The number of halogens is 2. The Morgan fingerprint density at radius 2 is 1.89 bits per heavy atom. The Balaban J connectivity index is 3.07. The van der Waals surface area contributed by atoms with Crippen LogP contribution in [0.25, 0.3) is 0 Å². The lowest BCUT2D eigenvalue weighted by Crippen LogP contribution is -2.53. The van der Waals surface area contributed by atoms with E-state index in [2.05, 4.69) is 15.5 Å². The molecule has 1 heterocycles. The van der Waals surface area contributed by atoms with Gasteiger partial charge in [-0.2, -0.15) is 0 Å². The summed E-state index contributed by atoms with van der Waals surface area (Å²) in [5, 5.41) is 18.6. The molecule has 0 aliphatic heterocycles. The van der Waals surface area contributed by atoms with Crippen LogP contribution in [0.15, 0.2) is 6.07 Å². The Hall–Kier alpha value is -1.40. The zero-order chi connectivity index (χ0) is 14.6. The largest absolute Gasteiger partial charge is 0.480 e. The van der Waals surface area contributed by atoms with Gasteiger partial charge in [0.15, 0.2) is 10.3 Å². The van der Waals surface area contributed by atoms with Crippen molar-refractivity contribution in [1.29, 1.82) is 0 Å². The van der Waals surface area contributed by atoms with Crippen LogP contribution in [0.4, 0.5) is 0 Å². The van der Waals surface area contributed by atoms with Gasteiger partial charge in [0.2, 0.25) is 0 Å². The maximum Gasteiger partial charge on any atom is 0.329 e. The number of aliphatic carboxylic acids is 1. The second kappa shape index (κ2) is 6.16. The molecule has 0 aliphatic rings. The number of hydrogen-bond acceptors (Lipinski definition) is 4. The Morgan fingerprint density at radius 1 is 1.32 bits per heavy atom. The van der Waals surface area contributed by atoms with Gasteiger partial charge in [-0.3, -0.25) is 4.79 Å². The number of carboxylic acids is 1. The van der Waals surface area contributed by atoms with Crippen molar-refractivity contribution in [2.45, 2.75) is 32.2 Å². The van der Waals surface area contributed by atoms with E-state index in [1.807, 2.05) is 0 Å². The summed E-state index contributed by atoms with van der Waals surface area (Å²) in [4.78, 5) is 23.4. The number of nitrogens with zero attached hydrogens (tertiary/aromatic N) is 2. The van der Waals surface area contributed by atoms with Crippen molar-refractivity contribution < 1.29 is 14.7 Å². The van der Waals surface area contributed by atoms with E-state index in [4.69, 9.17) is 23.2 Å². The summed E-state index contributed by atoms with van der Waals surface area (Å²) >= 11 is 11.4. The number of carboxylic acid groups (broad SMARTS) is 1. The molecule has 0 saturated carbocycles. The molecule has 6 nitrogen and oxygen atoms in total. The Morgan fingerprint density at radius 3 is 2.37 bits per heavy atom. The van der Waals surface area contributed by atoms with E-state index < -0.39 is 17.4 Å². The highest BCUT2D eigenvalue weighted by atomic mass is 35.5. The van der Waals surface area contributed by atoms with E-state index in [-0.39, 0.29) is 28.7 Å². The smallest absolute Gasteiger partial charge is 0.329 e. The average Bonchev–Trinajstić information content (AvgIpc) is 2.38. The predicted octanol–water partition coefficient (Wildman–Crippen LogP) is 2.16. The number of carbonyl (C=O) groups excluding carboxylic acids is 1. The summed E-state index contributed by atoms with van der Waals surface area (Å²) in [6.45, 7) is 3.36. The zero-order valence-corrected chi connectivity index (χ0v) is 11.9. The molecule has 1 amide bonds. The highest BCUT2D eigenvalue weighted by Gasteiger charge is 2.37. The van der Waals surface area contributed by atoms with Crippen LogP contribution in [-0.2, 0) is 4.79 Å². The van der Waals surface area contributed by atoms with Crippen LogP contribution in [0, 0.1) is 0 Å². The molecule has 0 aromatic carbocycles. The first-order valence-corrected chi connectivity index (χ1v) is 6.36. The van der Waals surface area contributed by atoms with Gasteiger partial charge in [0.1, 0.15) is 5.54 Å². The molecule has 0 atom stereocenters. The summed E-state index contributed by atoms with van der Waals surface area (Å²) in [5.41, 5.74) is -1.34. The predicted molar refractivity (Wildman–Crippen MR) is 70.5 cm³/mol.